The minimum Gasteiger partial charge on any atom is -0.406 e. The summed E-state index contributed by atoms with van der Waals surface area (Å²) in [5.41, 5.74) is 0. The van der Waals surface area contributed by atoms with Crippen LogP contribution in [-0.2, 0) is 0 Å². The van der Waals surface area contributed by atoms with Crippen LogP contribution >= 0.6 is 0 Å². The highest BCUT2D eigenvalue weighted by Gasteiger charge is 2.14. The lowest BCUT2D eigenvalue weighted by molar-refractivity contribution is 0.424. The highest BCUT2D eigenvalue weighted by Crippen LogP contribution is 2.15. The first-order chi connectivity index (χ1) is 8.21. The quantitative estimate of drug-likeness (QED) is 0.731. The van der Waals surface area contributed by atoms with E-state index in [1.54, 1.807) is 0 Å². The van der Waals surface area contributed by atoms with Gasteiger partial charge in [0.25, 0.3) is 0 Å². The van der Waals surface area contributed by atoms with Gasteiger partial charge in [0.1, 0.15) is 0 Å². The number of rotatable bonds is 8. The van der Waals surface area contributed by atoms with Crippen LogP contribution in [0.1, 0.15) is 58.9 Å². The van der Waals surface area contributed by atoms with Crippen LogP contribution < -0.4 is 10.6 Å². The molecule has 0 aliphatic rings. The van der Waals surface area contributed by atoms with E-state index in [0.717, 1.165) is 25.8 Å². The summed E-state index contributed by atoms with van der Waals surface area (Å²) in [6, 6.07) is 1.06. The Morgan fingerprint density at radius 3 is 2.59 bits per heavy atom. The van der Waals surface area contributed by atoms with Gasteiger partial charge in [0, 0.05) is 6.04 Å². The largest absolute Gasteiger partial charge is 0.406 e. The van der Waals surface area contributed by atoms with Crippen molar-refractivity contribution >= 4 is 6.01 Å². The Hall–Kier alpha value is -1.10. The predicted octanol–water partition coefficient (Wildman–Crippen LogP) is 2.73. The van der Waals surface area contributed by atoms with Gasteiger partial charge in [0.05, 0.1) is 6.04 Å². The molecule has 1 aromatic rings. The van der Waals surface area contributed by atoms with Crippen LogP contribution in [-0.4, -0.2) is 22.8 Å². The van der Waals surface area contributed by atoms with Gasteiger partial charge in [-0.2, -0.15) is 0 Å². The third kappa shape index (κ3) is 4.34. The van der Waals surface area contributed by atoms with Gasteiger partial charge in [-0.3, -0.25) is 0 Å². The summed E-state index contributed by atoms with van der Waals surface area (Å²) in [5, 5.41) is 14.6. The summed E-state index contributed by atoms with van der Waals surface area (Å²) in [5.74, 6) is 0.640. The van der Waals surface area contributed by atoms with E-state index in [2.05, 4.69) is 41.6 Å². The maximum atomic E-state index is 5.58. The second-order valence-corrected chi connectivity index (χ2v) is 4.26. The molecule has 2 unspecified atom stereocenters. The Kier molecular flexibility index (Phi) is 5.97. The number of aromatic nitrogens is 2. The molecule has 0 aliphatic heterocycles. The molecule has 0 bridgehead atoms. The highest BCUT2D eigenvalue weighted by molar-refractivity contribution is 5.19. The Morgan fingerprint density at radius 2 is 2.00 bits per heavy atom. The summed E-state index contributed by atoms with van der Waals surface area (Å²) in [7, 11) is 0. The first-order valence-electron chi connectivity index (χ1n) is 6.54. The number of hydrogen-bond acceptors (Lipinski definition) is 5. The molecular weight excluding hydrogens is 216 g/mol. The molecule has 98 valence electrons. The molecule has 1 heterocycles. The van der Waals surface area contributed by atoms with Gasteiger partial charge in [-0.1, -0.05) is 32.3 Å². The van der Waals surface area contributed by atoms with Crippen molar-refractivity contribution in [2.45, 2.75) is 59.0 Å². The first kappa shape index (κ1) is 14.0. The van der Waals surface area contributed by atoms with Crippen LogP contribution in [0.5, 0.6) is 0 Å². The van der Waals surface area contributed by atoms with Gasteiger partial charge in [-0.25, -0.2) is 0 Å². The van der Waals surface area contributed by atoms with Gasteiger partial charge in [0.2, 0.25) is 5.89 Å². The molecule has 0 amide bonds. The standard InChI is InChI=1S/C12H24N4O/c1-5-8-10(6-2)14-12-16-15-11(17-12)9(4)13-7-3/h9-10,13H,5-8H2,1-4H3,(H,14,16). The number of anilines is 1. The molecule has 0 spiro atoms. The van der Waals surface area contributed by atoms with E-state index in [1.165, 1.54) is 0 Å². The fraction of sp³-hybridized carbons (Fsp3) is 0.833. The molecule has 0 radical (unpaired) electrons. The average molecular weight is 240 g/mol. The van der Waals surface area contributed by atoms with E-state index in [1.807, 2.05) is 6.92 Å². The van der Waals surface area contributed by atoms with Crippen LogP contribution in [0.4, 0.5) is 6.01 Å². The van der Waals surface area contributed by atoms with Crippen molar-refractivity contribution in [1.29, 1.82) is 0 Å². The molecule has 0 aromatic carbocycles. The molecule has 5 heteroatoms. The number of nitrogens with zero attached hydrogens (tertiary/aromatic N) is 2. The third-order valence-corrected chi connectivity index (χ3v) is 2.78. The second-order valence-electron chi connectivity index (χ2n) is 4.26. The van der Waals surface area contributed by atoms with Gasteiger partial charge in [-0.05, 0) is 26.3 Å². The van der Waals surface area contributed by atoms with Gasteiger partial charge in [0.15, 0.2) is 0 Å². The minimum absolute atomic E-state index is 0.106. The van der Waals surface area contributed by atoms with Crippen molar-refractivity contribution < 1.29 is 4.42 Å². The lowest BCUT2D eigenvalue weighted by Crippen LogP contribution is -2.18. The zero-order valence-electron chi connectivity index (χ0n) is 11.3. The Morgan fingerprint density at radius 1 is 1.24 bits per heavy atom. The van der Waals surface area contributed by atoms with Crippen molar-refractivity contribution in [3.8, 4) is 0 Å². The molecular formula is C12H24N4O. The maximum absolute atomic E-state index is 5.58. The lowest BCUT2D eigenvalue weighted by atomic mass is 10.1. The van der Waals surface area contributed by atoms with Crippen LogP contribution in [0.15, 0.2) is 4.42 Å². The summed E-state index contributed by atoms with van der Waals surface area (Å²) in [6.45, 7) is 9.30. The molecule has 0 aliphatic carbocycles. The molecule has 1 aromatic heterocycles. The summed E-state index contributed by atoms with van der Waals surface area (Å²) in [6.07, 6.45) is 3.34. The van der Waals surface area contributed by atoms with Crippen molar-refractivity contribution in [3.05, 3.63) is 5.89 Å². The van der Waals surface area contributed by atoms with Gasteiger partial charge in [-0.15, -0.1) is 5.10 Å². The zero-order chi connectivity index (χ0) is 12.7. The van der Waals surface area contributed by atoms with Crippen molar-refractivity contribution in [3.63, 3.8) is 0 Å². The summed E-state index contributed by atoms with van der Waals surface area (Å²) < 4.78 is 5.58. The van der Waals surface area contributed by atoms with E-state index in [0.29, 0.717) is 17.9 Å². The third-order valence-electron chi connectivity index (χ3n) is 2.78. The molecule has 1 rings (SSSR count). The van der Waals surface area contributed by atoms with E-state index in [-0.39, 0.29) is 6.04 Å². The van der Waals surface area contributed by atoms with Crippen molar-refractivity contribution in [2.24, 2.45) is 0 Å². The van der Waals surface area contributed by atoms with Crippen LogP contribution in [0.3, 0.4) is 0 Å². The van der Waals surface area contributed by atoms with Crippen LogP contribution in [0, 0.1) is 0 Å². The smallest absolute Gasteiger partial charge is 0.315 e. The normalized spacial score (nSPS) is 14.6. The number of hydrogen-bond donors (Lipinski definition) is 2. The SMILES string of the molecule is CCCC(CC)Nc1nnc(C(C)NCC)o1. The lowest BCUT2D eigenvalue weighted by Gasteiger charge is -2.13. The molecule has 0 saturated carbocycles. The van der Waals surface area contributed by atoms with E-state index in [9.17, 15) is 0 Å². The molecule has 5 nitrogen and oxygen atoms in total. The molecule has 0 fully saturated rings. The zero-order valence-corrected chi connectivity index (χ0v) is 11.3. The topological polar surface area (TPSA) is 63.0 Å². The minimum atomic E-state index is 0.106. The summed E-state index contributed by atoms with van der Waals surface area (Å²) >= 11 is 0. The van der Waals surface area contributed by atoms with Crippen molar-refractivity contribution in [1.82, 2.24) is 15.5 Å². The van der Waals surface area contributed by atoms with E-state index < -0.39 is 0 Å². The van der Waals surface area contributed by atoms with Crippen LogP contribution in [0.2, 0.25) is 0 Å². The average Bonchev–Trinajstić information content (AvgIpc) is 2.77. The van der Waals surface area contributed by atoms with Crippen molar-refractivity contribution in [2.75, 3.05) is 11.9 Å². The fourth-order valence-corrected chi connectivity index (χ4v) is 1.76. The Balaban J connectivity index is 2.55. The maximum Gasteiger partial charge on any atom is 0.315 e. The predicted molar refractivity (Wildman–Crippen MR) is 69.0 cm³/mol. The molecule has 2 N–H and O–H groups in total. The number of nitrogens with one attached hydrogen (secondary N) is 2. The fourth-order valence-electron chi connectivity index (χ4n) is 1.76. The molecule has 0 saturated heterocycles. The van der Waals surface area contributed by atoms with Gasteiger partial charge < -0.3 is 15.1 Å². The monoisotopic (exact) mass is 240 g/mol. The molecule has 17 heavy (non-hydrogen) atoms. The first-order valence-corrected chi connectivity index (χ1v) is 6.54. The Bertz CT molecular complexity index is 313. The second kappa shape index (κ2) is 7.27. The summed E-state index contributed by atoms with van der Waals surface area (Å²) in [4.78, 5) is 0. The van der Waals surface area contributed by atoms with E-state index in [4.69, 9.17) is 4.42 Å². The van der Waals surface area contributed by atoms with Crippen LogP contribution in [0.25, 0.3) is 0 Å². The Labute approximate surface area is 103 Å². The molecule has 2 atom stereocenters. The van der Waals surface area contributed by atoms with E-state index >= 15 is 0 Å². The highest BCUT2D eigenvalue weighted by atomic mass is 16.4. The van der Waals surface area contributed by atoms with Gasteiger partial charge >= 0.3 is 6.01 Å².